The van der Waals surface area contributed by atoms with E-state index in [1.165, 1.54) is 44.0 Å². The first-order valence-corrected chi connectivity index (χ1v) is 12.5. The summed E-state index contributed by atoms with van der Waals surface area (Å²) in [6.07, 6.45) is 0. The van der Waals surface area contributed by atoms with Crippen molar-refractivity contribution >= 4 is 28.2 Å². The highest BCUT2D eigenvalue weighted by atomic mass is 31.1. The third-order valence-electron chi connectivity index (χ3n) is 5.32. The van der Waals surface area contributed by atoms with Crippen molar-refractivity contribution in [2.75, 3.05) is 0 Å². The summed E-state index contributed by atoms with van der Waals surface area (Å²) in [5.41, 5.74) is 7.27. The van der Waals surface area contributed by atoms with Gasteiger partial charge in [-0.05, 0) is 62.1 Å². The van der Waals surface area contributed by atoms with Crippen molar-refractivity contribution in [2.24, 2.45) is 0 Å². The highest BCUT2D eigenvalue weighted by molar-refractivity contribution is 7.42. The van der Waals surface area contributed by atoms with Crippen LogP contribution < -0.4 is 19.7 Å². The SMILES string of the molecule is Cc1ccc(OPc2ccc(-c3ccc(POc4ccc(C)cc4C)cc3)cc2)c(C)c1. The monoisotopic (exact) mass is 458 g/mol. The van der Waals surface area contributed by atoms with Gasteiger partial charge < -0.3 is 9.05 Å². The van der Waals surface area contributed by atoms with Gasteiger partial charge in [-0.3, -0.25) is 0 Å². The summed E-state index contributed by atoms with van der Waals surface area (Å²) in [6, 6.07) is 29.8. The van der Waals surface area contributed by atoms with Crippen molar-refractivity contribution in [3.63, 3.8) is 0 Å². The fourth-order valence-electron chi connectivity index (χ4n) is 3.52. The van der Waals surface area contributed by atoms with Crippen LogP contribution in [0.5, 0.6) is 11.5 Å². The minimum atomic E-state index is 0.296. The molecule has 0 aliphatic carbocycles. The zero-order valence-corrected chi connectivity index (χ0v) is 20.9. The molecule has 0 heterocycles. The molecule has 32 heavy (non-hydrogen) atoms. The zero-order valence-electron chi connectivity index (χ0n) is 18.9. The smallest absolute Gasteiger partial charge is 0.126 e. The predicted octanol–water partition coefficient (Wildman–Crippen LogP) is 7.18. The number of aryl methyl sites for hydroxylation is 4. The molecule has 4 aromatic rings. The first kappa shape index (κ1) is 22.5. The summed E-state index contributed by atoms with van der Waals surface area (Å²) in [5.74, 6) is 1.91. The fourth-order valence-corrected chi connectivity index (χ4v) is 5.04. The van der Waals surface area contributed by atoms with Gasteiger partial charge in [0.05, 0.1) is 0 Å². The second-order valence-corrected chi connectivity index (χ2v) is 10.1. The Kier molecular flexibility index (Phi) is 7.26. The molecular weight excluding hydrogens is 430 g/mol. The molecule has 0 fully saturated rings. The van der Waals surface area contributed by atoms with Crippen molar-refractivity contribution in [1.29, 1.82) is 0 Å². The molecule has 0 amide bonds. The van der Waals surface area contributed by atoms with E-state index in [-0.39, 0.29) is 0 Å². The molecule has 0 aromatic heterocycles. The minimum Gasteiger partial charge on any atom is -0.472 e. The van der Waals surface area contributed by atoms with Gasteiger partial charge in [0.25, 0.3) is 0 Å². The van der Waals surface area contributed by atoms with Crippen LogP contribution in [0.15, 0.2) is 84.9 Å². The van der Waals surface area contributed by atoms with Crippen LogP contribution >= 0.6 is 17.6 Å². The van der Waals surface area contributed by atoms with Crippen LogP contribution in [-0.2, 0) is 0 Å². The Morgan fingerprint density at radius 3 is 1.19 bits per heavy atom. The lowest BCUT2D eigenvalue weighted by molar-refractivity contribution is 0.631. The van der Waals surface area contributed by atoms with Gasteiger partial charge in [-0.2, -0.15) is 0 Å². The van der Waals surface area contributed by atoms with Crippen LogP contribution in [0, 0.1) is 27.7 Å². The largest absolute Gasteiger partial charge is 0.472 e. The molecule has 4 rings (SSSR count). The third kappa shape index (κ3) is 5.77. The van der Waals surface area contributed by atoms with Gasteiger partial charge in [0.1, 0.15) is 29.1 Å². The molecule has 0 N–H and O–H groups in total. The Balaban J connectivity index is 1.35. The van der Waals surface area contributed by atoms with Crippen LogP contribution in [0.25, 0.3) is 11.1 Å². The van der Waals surface area contributed by atoms with Gasteiger partial charge in [-0.1, -0.05) is 83.9 Å². The number of benzene rings is 4. The third-order valence-corrected chi connectivity index (χ3v) is 7.10. The lowest BCUT2D eigenvalue weighted by Gasteiger charge is -2.11. The molecule has 0 radical (unpaired) electrons. The summed E-state index contributed by atoms with van der Waals surface area (Å²) >= 11 is 0. The van der Waals surface area contributed by atoms with E-state index in [1.807, 2.05) is 0 Å². The lowest BCUT2D eigenvalue weighted by Crippen LogP contribution is -1.98. The lowest BCUT2D eigenvalue weighted by atomic mass is 10.1. The Bertz CT molecular complexity index is 1100. The molecule has 2 unspecified atom stereocenters. The normalized spacial score (nSPS) is 11.5. The van der Waals surface area contributed by atoms with Gasteiger partial charge in [0.15, 0.2) is 0 Å². The maximum absolute atomic E-state index is 6.03. The zero-order chi connectivity index (χ0) is 22.5. The van der Waals surface area contributed by atoms with E-state index >= 15 is 0 Å². The average molecular weight is 458 g/mol. The molecule has 0 aliphatic rings. The van der Waals surface area contributed by atoms with Crippen molar-refractivity contribution in [3.05, 3.63) is 107 Å². The van der Waals surface area contributed by atoms with Crippen molar-refractivity contribution in [1.82, 2.24) is 0 Å². The summed E-state index contributed by atoms with van der Waals surface area (Å²) < 4.78 is 12.1. The summed E-state index contributed by atoms with van der Waals surface area (Å²) in [7, 11) is 0.591. The van der Waals surface area contributed by atoms with Crippen molar-refractivity contribution in [3.8, 4) is 22.6 Å². The second kappa shape index (κ2) is 10.3. The molecular formula is C28H28O2P2. The summed E-state index contributed by atoms with van der Waals surface area (Å²) in [4.78, 5) is 0. The predicted molar refractivity (Wildman–Crippen MR) is 141 cm³/mol. The van der Waals surface area contributed by atoms with Crippen LogP contribution in [0.1, 0.15) is 22.3 Å². The Hall–Kier alpha value is -2.66. The van der Waals surface area contributed by atoms with Crippen LogP contribution in [0.2, 0.25) is 0 Å². The molecule has 2 nitrogen and oxygen atoms in total. The maximum Gasteiger partial charge on any atom is 0.126 e. The van der Waals surface area contributed by atoms with Gasteiger partial charge >= 0.3 is 0 Å². The van der Waals surface area contributed by atoms with Crippen LogP contribution in [-0.4, -0.2) is 0 Å². The van der Waals surface area contributed by atoms with Crippen molar-refractivity contribution < 1.29 is 9.05 Å². The summed E-state index contributed by atoms with van der Waals surface area (Å²) in [5, 5.41) is 2.38. The number of rotatable bonds is 7. The van der Waals surface area contributed by atoms with Crippen LogP contribution in [0.3, 0.4) is 0 Å². The quantitative estimate of drug-likeness (QED) is 0.273. The van der Waals surface area contributed by atoms with E-state index in [0.717, 1.165) is 11.5 Å². The van der Waals surface area contributed by atoms with E-state index in [9.17, 15) is 0 Å². The van der Waals surface area contributed by atoms with E-state index in [2.05, 4.69) is 113 Å². The standard InChI is InChI=1S/C28H28O2P2/c1-19-5-15-27(21(3)17-19)29-31-25-11-7-23(8-12-25)24-9-13-26(14-10-24)32-30-28-16-6-20(2)18-22(28)4/h5-18,31-32H,1-4H3. The molecule has 0 spiro atoms. The summed E-state index contributed by atoms with van der Waals surface area (Å²) in [6.45, 7) is 8.38. The highest BCUT2D eigenvalue weighted by Gasteiger charge is 2.04. The van der Waals surface area contributed by atoms with Crippen molar-refractivity contribution in [2.45, 2.75) is 27.7 Å². The van der Waals surface area contributed by atoms with E-state index in [4.69, 9.17) is 9.05 Å². The van der Waals surface area contributed by atoms with Gasteiger partial charge in [-0.15, -0.1) is 0 Å². The molecule has 0 saturated carbocycles. The minimum absolute atomic E-state index is 0.296. The Morgan fingerprint density at radius 1 is 0.469 bits per heavy atom. The van der Waals surface area contributed by atoms with E-state index in [0.29, 0.717) is 17.6 Å². The molecule has 0 bridgehead atoms. The second-order valence-electron chi connectivity index (χ2n) is 8.10. The average Bonchev–Trinajstić information content (AvgIpc) is 2.79. The van der Waals surface area contributed by atoms with Gasteiger partial charge in [-0.25, -0.2) is 0 Å². The molecule has 4 aromatic carbocycles. The maximum atomic E-state index is 6.03. The number of hydrogen-bond acceptors (Lipinski definition) is 2. The molecule has 0 saturated heterocycles. The first-order valence-electron chi connectivity index (χ1n) is 10.7. The highest BCUT2D eigenvalue weighted by Crippen LogP contribution is 2.28. The molecule has 4 heteroatoms. The first-order chi connectivity index (χ1) is 15.5. The van der Waals surface area contributed by atoms with Gasteiger partial charge in [0, 0.05) is 10.6 Å². The van der Waals surface area contributed by atoms with E-state index < -0.39 is 0 Å². The number of hydrogen-bond donors (Lipinski definition) is 0. The van der Waals surface area contributed by atoms with Gasteiger partial charge in [0.2, 0.25) is 0 Å². The van der Waals surface area contributed by atoms with E-state index in [1.54, 1.807) is 0 Å². The fraction of sp³-hybridized carbons (Fsp3) is 0.143. The Labute approximate surface area is 194 Å². The topological polar surface area (TPSA) is 18.5 Å². The molecule has 2 atom stereocenters. The Morgan fingerprint density at radius 2 is 0.844 bits per heavy atom. The molecule has 0 aliphatic heterocycles. The van der Waals surface area contributed by atoms with Crippen LogP contribution in [0.4, 0.5) is 0 Å². The molecule has 162 valence electrons.